The number of ketones is 1. The molecule has 0 spiro atoms. The number of rotatable bonds is 3. The maximum absolute atomic E-state index is 12.7. The zero-order valence-electron chi connectivity index (χ0n) is 9.23. The molecule has 1 N–H and O–H groups in total. The van der Waals surface area contributed by atoms with Gasteiger partial charge in [0.1, 0.15) is 5.82 Å². The van der Waals surface area contributed by atoms with Gasteiger partial charge in [-0.2, -0.15) is 0 Å². The van der Waals surface area contributed by atoms with Crippen LogP contribution in [0.3, 0.4) is 0 Å². The summed E-state index contributed by atoms with van der Waals surface area (Å²) < 4.78 is 12.7. The first-order valence-corrected chi connectivity index (χ1v) is 5.62. The Balaban J connectivity index is 2.19. The van der Waals surface area contributed by atoms with Crippen LogP contribution < -0.4 is 0 Å². The summed E-state index contributed by atoms with van der Waals surface area (Å²) in [6, 6.07) is 5.26. The molecule has 0 heterocycles. The Labute approximate surface area is 98.3 Å². The Morgan fingerprint density at radius 1 is 1.12 bits per heavy atom. The van der Waals surface area contributed by atoms with Crippen LogP contribution in [0.15, 0.2) is 24.3 Å². The van der Waals surface area contributed by atoms with Gasteiger partial charge in [0, 0.05) is 11.5 Å². The van der Waals surface area contributed by atoms with Gasteiger partial charge < -0.3 is 5.11 Å². The SMILES string of the molecule is O=C(O)[C@@H]1CCC[C@H]1C(=O)c1ccc(F)cc1. The van der Waals surface area contributed by atoms with Crippen molar-refractivity contribution in [3.8, 4) is 0 Å². The third kappa shape index (κ3) is 2.35. The predicted molar refractivity (Wildman–Crippen MR) is 59.2 cm³/mol. The summed E-state index contributed by atoms with van der Waals surface area (Å²) in [5, 5.41) is 9.01. The van der Waals surface area contributed by atoms with E-state index in [0.717, 1.165) is 6.42 Å². The maximum atomic E-state index is 12.7. The molecule has 0 unspecified atom stereocenters. The highest BCUT2D eigenvalue weighted by Gasteiger charge is 2.37. The Bertz CT molecular complexity index is 438. The van der Waals surface area contributed by atoms with Crippen LogP contribution in [0.1, 0.15) is 29.6 Å². The molecule has 1 saturated carbocycles. The van der Waals surface area contributed by atoms with Gasteiger partial charge in [0.05, 0.1) is 5.92 Å². The molecule has 0 bridgehead atoms. The molecule has 0 aliphatic heterocycles. The van der Waals surface area contributed by atoms with Crippen LogP contribution in [0.4, 0.5) is 4.39 Å². The lowest BCUT2D eigenvalue weighted by Crippen LogP contribution is -2.25. The summed E-state index contributed by atoms with van der Waals surface area (Å²) in [4.78, 5) is 23.1. The molecule has 1 aliphatic rings. The lowest BCUT2D eigenvalue weighted by atomic mass is 9.88. The number of benzene rings is 1. The normalized spacial score (nSPS) is 23.6. The molecule has 0 radical (unpaired) electrons. The molecule has 2 rings (SSSR count). The van der Waals surface area contributed by atoms with Crippen molar-refractivity contribution in [1.82, 2.24) is 0 Å². The molecule has 1 aromatic carbocycles. The summed E-state index contributed by atoms with van der Waals surface area (Å²) in [7, 11) is 0. The number of carbonyl (C=O) groups is 2. The number of carbonyl (C=O) groups excluding carboxylic acids is 1. The van der Waals surface area contributed by atoms with Gasteiger partial charge in [0.25, 0.3) is 0 Å². The van der Waals surface area contributed by atoms with Gasteiger partial charge in [-0.15, -0.1) is 0 Å². The number of halogens is 1. The maximum Gasteiger partial charge on any atom is 0.307 e. The fourth-order valence-corrected chi connectivity index (χ4v) is 2.40. The lowest BCUT2D eigenvalue weighted by Gasteiger charge is -2.14. The molecule has 90 valence electrons. The third-order valence-electron chi connectivity index (χ3n) is 3.30. The van der Waals surface area contributed by atoms with E-state index in [1.54, 1.807) is 0 Å². The highest BCUT2D eigenvalue weighted by Crippen LogP contribution is 2.34. The van der Waals surface area contributed by atoms with E-state index in [4.69, 9.17) is 5.11 Å². The topological polar surface area (TPSA) is 54.4 Å². The molecule has 3 nitrogen and oxygen atoms in total. The Kier molecular flexibility index (Phi) is 3.22. The first-order chi connectivity index (χ1) is 8.09. The third-order valence-corrected chi connectivity index (χ3v) is 3.30. The average molecular weight is 236 g/mol. The summed E-state index contributed by atoms with van der Waals surface area (Å²) >= 11 is 0. The zero-order valence-corrected chi connectivity index (χ0v) is 9.23. The van der Waals surface area contributed by atoms with E-state index in [-0.39, 0.29) is 5.78 Å². The van der Waals surface area contributed by atoms with Gasteiger partial charge >= 0.3 is 5.97 Å². The van der Waals surface area contributed by atoms with Crippen LogP contribution in [-0.2, 0) is 4.79 Å². The average Bonchev–Trinajstić information content (AvgIpc) is 2.78. The summed E-state index contributed by atoms with van der Waals surface area (Å²) in [6.07, 6.45) is 1.91. The Hall–Kier alpha value is -1.71. The highest BCUT2D eigenvalue weighted by molar-refractivity contribution is 6.00. The molecule has 4 heteroatoms. The largest absolute Gasteiger partial charge is 0.481 e. The first-order valence-electron chi connectivity index (χ1n) is 5.62. The molecular weight excluding hydrogens is 223 g/mol. The van der Waals surface area contributed by atoms with Crippen LogP contribution >= 0.6 is 0 Å². The van der Waals surface area contributed by atoms with E-state index in [1.165, 1.54) is 24.3 Å². The molecule has 0 saturated heterocycles. The number of carboxylic acids is 1. The minimum atomic E-state index is -0.914. The second kappa shape index (κ2) is 4.65. The van der Waals surface area contributed by atoms with Gasteiger partial charge in [-0.05, 0) is 37.1 Å². The lowest BCUT2D eigenvalue weighted by molar-refractivity contribution is -0.142. The summed E-state index contributed by atoms with van der Waals surface area (Å²) in [5.74, 6) is -2.55. The number of hydrogen-bond acceptors (Lipinski definition) is 2. The monoisotopic (exact) mass is 236 g/mol. The number of aliphatic carboxylic acids is 1. The smallest absolute Gasteiger partial charge is 0.307 e. The second-order valence-electron chi connectivity index (χ2n) is 4.35. The van der Waals surface area contributed by atoms with E-state index < -0.39 is 23.6 Å². The molecule has 17 heavy (non-hydrogen) atoms. The van der Waals surface area contributed by atoms with E-state index in [1.807, 2.05) is 0 Å². The van der Waals surface area contributed by atoms with Crippen molar-refractivity contribution in [2.75, 3.05) is 0 Å². The molecular formula is C13H13FO3. The van der Waals surface area contributed by atoms with Crippen molar-refractivity contribution in [3.63, 3.8) is 0 Å². The van der Waals surface area contributed by atoms with Crippen molar-refractivity contribution in [1.29, 1.82) is 0 Å². The summed E-state index contributed by atoms with van der Waals surface area (Å²) in [5.41, 5.74) is 0.393. The molecule has 0 amide bonds. The zero-order chi connectivity index (χ0) is 12.4. The van der Waals surface area contributed by atoms with Crippen LogP contribution in [-0.4, -0.2) is 16.9 Å². The first kappa shape index (κ1) is 11.8. The minimum absolute atomic E-state index is 0.185. The Morgan fingerprint density at radius 3 is 2.29 bits per heavy atom. The summed E-state index contributed by atoms with van der Waals surface area (Å²) in [6.45, 7) is 0. The van der Waals surface area contributed by atoms with Gasteiger partial charge in [-0.3, -0.25) is 9.59 Å². The van der Waals surface area contributed by atoms with Crippen LogP contribution in [0.5, 0.6) is 0 Å². The second-order valence-corrected chi connectivity index (χ2v) is 4.35. The van der Waals surface area contributed by atoms with Crippen molar-refractivity contribution in [2.24, 2.45) is 11.8 Å². The van der Waals surface area contributed by atoms with Crippen LogP contribution in [0, 0.1) is 17.7 Å². The molecule has 1 fully saturated rings. The standard InChI is InChI=1S/C13H13FO3/c14-9-6-4-8(5-7-9)12(15)10-2-1-3-11(10)13(16)17/h4-7,10-11H,1-3H2,(H,16,17)/t10-,11-/m1/s1. The fourth-order valence-electron chi connectivity index (χ4n) is 2.40. The van der Waals surface area contributed by atoms with Gasteiger partial charge in [-0.1, -0.05) is 6.42 Å². The van der Waals surface area contributed by atoms with Crippen molar-refractivity contribution >= 4 is 11.8 Å². The molecule has 0 aromatic heterocycles. The van der Waals surface area contributed by atoms with Crippen molar-refractivity contribution in [3.05, 3.63) is 35.6 Å². The predicted octanol–water partition coefficient (Wildman–Crippen LogP) is 2.51. The number of carboxylic acid groups (broad SMARTS) is 1. The Morgan fingerprint density at radius 2 is 1.71 bits per heavy atom. The van der Waals surface area contributed by atoms with E-state index in [0.29, 0.717) is 18.4 Å². The fraction of sp³-hybridized carbons (Fsp3) is 0.385. The van der Waals surface area contributed by atoms with E-state index in [9.17, 15) is 14.0 Å². The highest BCUT2D eigenvalue weighted by atomic mass is 19.1. The van der Waals surface area contributed by atoms with Crippen LogP contribution in [0.25, 0.3) is 0 Å². The van der Waals surface area contributed by atoms with Crippen molar-refractivity contribution < 1.29 is 19.1 Å². The van der Waals surface area contributed by atoms with E-state index >= 15 is 0 Å². The molecule has 1 aliphatic carbocycles. The van der Waals surface area contributed by atoms with Crippen LogP contribution in [0.2, 0.25) is 0 Å². The van der Waals surface area contributed by atoms with Crippen molar-refractivity contribution in [2.45, 2.75) is 19.3 Å². The quantitative estimate of drug-likeness (QED) is 0.820. The van der Waals surface area contributed by atoms with Gasteiger partial charge in [0.2, 0.25) is 0 Å². The number of Topliss-reactive ketones (excluding diaryl/α,β-unsaturated/α-hetero) is 1. The van der Waals surface area contributed by atoms with Gasteiger partial charge in [0.15, 0.2) is 5.78 Å². The van der Waals surface area contributed by atoms with E-state index in [2.05, 4.69) is 0 Å². The minimum Gasteiger partial charge on any atom is -0.481 e. The molecule has 1 aromatic rings. The molecule has 2 atom stereocenters. The number of hydrogen-bond donors (Lipinski definition) is 1. The van der Waals surface area contributed by atoms with Gasteiger partial charge in [-0.25, -0.2) is 4.39 Å².